The molecule has 1 saturated heterocycles. The summed E-state index contributed by atoms with van der Waals surface area (Å²) in [6.07, 6.45) is 1.63. The van der Waals surface area contributed by atoms with Crippen LogP contribution in [0.15, 0.2) is 71.6 Å². The second kappa shape index (κ2) is 11.3. The van der Waals surface area contributed by atoms with Gasteiger partial charge in [0, 0.05) is 17.2 Å². The highest BCUT2D eigenvalue weighted by Gasteiger charge is 2.35. The van der Waals surface area contributed by atoms with Crippen molar-refractivity contribution in [1.82, 2.24) is 4.90 Å². The maximum Gasteiger partial charge on any atom is 0.293 e. The Kier molecular flexibility index (Phi) is 7.92. The summed E-state index contributed by atoms with van der Waals surface area (Å²) in [6, 6.07) is 18.4. The van der Waals surface area contributed by atoms with Crippen LogP contribution in [0.1, 0.15) is 23.6 Å². The highest BCUT2D eigenvalue weighted by molar-refractivity contribution is 8.18. The number of rotatable bonds is 9. The quantitative estimate of drug-likeness (QED) is 0.180. The zero-order chi connectivity index (χ0) is 25.7. The van der Waals surface area contributed by atoms with Crippen LogP contribution >= 0.6 is 23.4 Å². The molecule has 1 fully saturated rings. The fraction of sp³-hybridized carbons (Fsp3) is 0.154. The van der Waals surface area contributed by atoms with E-state index in [0.29, 0.717) is 44.7 Å². The first kappa shape index (κ1) is 25.3. The minimum atomic E-state index is -0.458. The SMILES string of the molecule is CCOc1cc(/C=C2/SC(=O)N(Cc3ccccc3Cl)C2=O)ccc1OCc1cccc([N+](=O)[O-])c1. The average Bonchev–Trinajstić information content (AvgIpc) is 3.12. The number of thioether (sulfide) groups is 1. The highest BCUT2D eigenvalue weighted by Crippen LogP contribution is 2.36. The normalized spacial score (nSPS) is 14.4. The second-order valence-electron chi connectivity index (χ2n) is 7.71. The van der Waals surface area contributed by atoms with Crippen LogP contribution in [-0.2, 0) is 17.9 Å². The lowest BCUT2D eigenvalue weighted by molar-refractivity contribution is -0.384. The van der Waals surface area contributed by atoms with E-state index < -0.39 is 10.8 Å². The van der Waals surface area contributed by atoms with E-state index in [1.807, 2.05) is 6.92 Å². The topological polar surface area (TPSA) is 99.0 Å². The van der Waals surface area contributed by atoms with Crippen molar-refractivity contribution >= 4 is 46.3 Å². The molecule has 184 valence electrons. The van der Waals surface area contributed by atoms with Crippen LogP contribution in [0.4, 0.5) is 10.5 Å². The zero-order valence-electron chi connectivity index (χ0n) is 19.2. The number of amides is 2. The first-order valence-electron chi connectivity index (χ1n) is 11.0. The number of hydrogen-bond donors (Lipinski definition) is 0. The Bertz CT molecular complexity index is 1360. The molecule has 0 atom stereocenters. The van der Waals surface area contributed by atoms with Crippen molar-refractivity contribution < 1.29 is 24.0 Å². The number of ether oxygens (including phenoxy) is 2. The molecule has 10 heteroatoms. The number of nitrogens with zero attached hydrogens (tertiary/aromatic N) is 2. The second-order valence-corrected chi connectivity index (χ2v) is 9.11. The molecule has 0 bridgehead atoms. The molecule has 3 aromatic rings. The van der Waals surface area contributed by atoms with Gasteiger partial charge in [0.1, 0.15) is 6.61 Å². The third-order valence-electron chi connectivity index (χ3n) is 5.24. The van der Waals surface area contributed by atoms with E-state index in [2.05, 4.69) is 0 Å². The van der Waals surface area contributed by atoms with E-state index in [1.165, 1.54) is 12.1 Å². The number of carbonyl (C=O) groups excluding carboxylic acids is 2. The van der Waals surface area contributed by atoms with Gasteiger partial charge in [-0.25, -0.2) is 0 Å². The maximum atomic E-state index is 12.9. The van der Waals surface area contributed by atoms with Crippen molar-refractivity contribution in [3.8, 4) is 11.5 Å². The molecule has 0 aromatic heterocycles. The first-order chi connectivity index (χ1) is 17.4. The van der Waals surface area contributed by atoms with Crippen molar-refractivity contribution in [2.24, 2.45) is 0 Å². The molecule has 1 heterocycles. The summed E-state index contributed by atoms with van der Waals surface area (Å²) in [4.78, 5) is 37.4. The lowest BCUT2D eigenvalue weighted by atomic mass is 10.1. The van der Waals surface area contributed by atoms with Gasteiger partial charge in [-0.1, -0.05) is 48.0 Å². The van der Waals surface area contributed by atoms with Crippen LogP contribution < -0.4 is 9.47 Å². The number of benzene rings is 3. The molecule has 0 radical (unpaired) electrons. The summed E-state index contributed by atoms with van der Waals surface area (Å²) in [6.45, 7) is 2.42. The smallest absolute Gasteiger partial charge is 0.293 e. The number of nitro benzene ring substituents is 1. The minimum Gasteiger partial charge on any atom is -0.490 e. The number of non-ortho nitro benzene ring substituents is 1. The van der Waals surface area contributed by atoms with Gasteiger partial charge >= 0.3 is 0 Å². The monoisotopic (exact) mass is 524 g/mol. The van der Waals surface area contributed by atoms with Crippen LogP contribution in [0.25, 0.3) is 6.08 Å². The van der Waals surface area contributed by atoms with Gasteiger partial charge in [-0.15, -0.1) is 0 Å². The minimum absolute atomic E-state index is 0.0139. The van der Waals surface area contributed by atoms with Gasteiger partial charge in [-0.2, -0.15) is 0 Å². The van der Waals surface area contributed by atoms with Crippen LogP contribution in [0, 0.1) is 10.1 Å². The molecule has 1 aliphatic rings. The predicted octanol–water partition coefficient (Wildman–Crippen LogP) is 6.46. The van der Waals surface area contributed by atoms with Crippen molar-refractivity contribution in [1.29, 1.82) is 0 Å². The summed E-state index contributed by atoms with van der Waals surface area (Å²) >= 11 is 7.05. The summed E-state index contributed by atoms with van der Waals surface area (Å²) in [7, 11) is 0. The Balaban J connectivity index is 1.51. The van der Waals surface area contributed by atoms with Gasteiger partial charge in [-0.05, 0) is 59.7 Å². The molecule has 0 spiro atoms. The number of halogens is 1. The van der Waals surface area contributed by atoms with Crippen molar-refractivity contribution in [2.75, 3.05) is 6.61 Å². The fourth-order valence-corrected chi connectivity index (χ4v) is 4.54. The van der Waals surface area contributed by atoms with E-state index in [4.69, 9.17) is 21.1 Å². The lowest BCUT2D eigenvalue weighted by Crippen LogP contribution is -2.27. The number of carbonyl (C=O) groups is 2. The molecule has 1 aliphatic heterocycles. The van der Waals surface area contributed by atoms with Crippen LogP contribution in [0.2, 0.25) is 5.02 Å². The Labute approximate surface area is 216 Å². The Morgan fingerprint density at radius 1 is 1.03 bits per heavy atom. The first-order valence-corrected chi connectivity index (χ1v) is 12.2. The Morgan fingerprint density at radius 3 is 2.58 bits per heavy atom. The highest BCUT2D eigenvalue weighted by atomic mass is 35.5. The van der Waals surface area contributed by atoms with Gasteiger partial charge < -0.3 is 9.47 Å². The zero-order valence-corrected chi connectivity index (χ0v) is 20.8. The third kappa shape index (κ3) is 5.87. The molecule has 4 rings (SSSR count). The van der Waals surface area contributed by atoms with Crippen molar-refractivity contribution in [3.05, 3.63) is 103 Å². The molecular weight excluding hydrogens is 504 g/mol. The van der Waals surface area contributed by atoms with Gasteiger partial charge in [-0.3, -0.25) is 24.6 Å². The van der Waals surface area contributed by atoms with Crippen molar-refractivity contribution in [2.45, 2.75) is 20.1 Å². The molecule has 0 aliphatic carbocycles. The lowest BCUT2D eigenvalue weighted by Gasteiger charge is -2.14. The summed E-state index contributed by atoms with van der Waals surface area (Å²) in [5, 5.41) is 11.1. The van der Waals surface area contributed by atoms with Gasteiger partial charge in [0.15, 0.2) is 11.5 Å². The largest absolute Gasteiger partial charge is 0.490 e. The van der Waals surface area contributed by atoms with Crippen LogP contribution in [0.5, 0.6) is 11.5 Å². The van der Waals surface area contributed by atoms with Crippen LogP contribution in [0.3, 0.4) is 0 Å². The molecule has 0 N–H and O–H groups in total. The number of imide groups is 1. The summed E-state index contributed by atoms with van der Waals surface area (Å²) in [5.41, 5.74) is 1.97. The van der Waals surface area contributed by atoms with Gasteiger partial charge in [0.05, 0.1) is 23.0 Å². The molecule has 8 nitrogen and oxygen atoms in total. The number of hydrogen-bond acceptors (Lipinski definition) is 7. The fourth-order valence-electron chi connectivity index (χ4n) is 3.51. The molecule has 0 saturated carbocycles. The van der Waals surface area contributed by atoms with Crippen LogP contribution in [-0.4, -0.2) is 27.6 Å². The molecule has 2 amide bonds. The standard InChI is InChI=1S/C26H21ClN2O6S/c1-2-34-23-13-17(10-11-22(23)35-16-18-6-5-8-20(12-18)29(32)33)14-24-25(30)28(26(31)36-24)15-19-7-3-4-9-21(19)27/h3-14H,2,15-16H2,1H3/b24-14+. The van der Waals surface area contributed by atoms with E-state index >= 15 is 0 Å². The predicted molar refractivity (Wildman–Crippen MR) is 138 cm³/mol. The number of nitro groups is 1. The molecule has 36 heavy (non-hydrogen) atoms. The maximum absolute atomic E-state index is 12.9. The Hall–Kier alpha value is -3.82. The summed E-state index contributed by atoms with van der Waals surface area (Å²) < 4.78 is 11.6. The van der Waals surface area contributed by atoms with E-state index in [1.54, 1.807) is 60.7 Å². The molecule has 3 aromatic carbocycles. The summed E-state index contributed by atoms with van der Waals surface area (Å²) in [5.74, 6) is 0.508. The molecular formula is C26H21ClN2O6S. The van der Waals surface area contributed by atoms with E-state index in [0.717, 1.165) is 16.7 Å². The Morgan fingerprint density at radius 2 is 1.83 bits per heavy atom. The van der Waals surface area contributed by atoms with E-state index in [-0.39, 0.29) is 24.1 Å². The molecule has 0 unspecified atom stereocenters. The average molecular weight is 525 g/mol. The van der Waals surface area contributed by atoms with Crippen molar-refractivity contribution in [3.63, 3.8) is 0 Å². The van der Waals surface area contributed by atoms with Gasteiger partial charge in [0.25, 0.3) is 16.8 Å². The van der Waals surface area contributed by atoms with E-state index in [9.17, 15) is 19.7 Å². The van der Waals surface area contributed by atoms with Gasteiger partial charge in [0.2, 0.25) is 0 Å². The third-order valence-corrected chi connectivity index (χ3v) is 6.52.